The Morgan fingerprint density at radius 1 is 1.80 bits per heavy atom. The van der Waals surface area contributed by atoms with Crippen LogP contribution in [0.4, 0.5) is 0 Å². The topological polar surface area (TPSA) is 38.0 Å². The van der Waals surface area contributed by atoms with Crippen molar-refractivity contribution in [2.24, 2.45) is 0 Å². The van der Waals surface area contributed by atoms with E-state index in [-0.39, 0.29) is 12.6 Å². The van der Waals surface area contributed by atoms with Gasteiger partial charge in [-0.1, -0.05) is 0 Å². The molecule has 1 unspecified atom stereocenters. The van der Waals surface area contributed by atoms with Crippen LogP contribution in [0.15, 0.2) is 12.5 Å². The second kappa shape index (κ2) is 2.84. The average molecular weight is 140 g/mol. The molecule has 10 heavy (non-hydrogen) atoms. The molecule has 3 nitrogen and oxygen atoms in total. The second-order valence-corrected chi connectivity index (χ2v) is 2.49. The van der Waals surface area contributed by atoms with Gasteiger partial charge in [0.15, 0.2) is 0 Å². The summed E-state index contributed by atoms with van der Waals surface area (Å²) in [7, 11) is 0. The van der Waals surface area contributed by atoms with Gasteiger partial charge in [-0.15, -0.1) is 0 Å². The Balaban J connectivity index is 2.74. The highest BCUT2D eigenvalue weighted by Gasteiger charge is 2.00. The molecule has 56 valence electrons. The van der Waals surface area contributed by atoms with E-state index in [0.29, 0.717) is 0 Å². The van der Waals surface area contributed by atoms with E-state index in [2.05, 4.69) is 4.98 Å². The van der Waals surface area contributed by atoms with Crippen LogP contribution in [-0.4, -0.2) is 21.3 Å². The Labute approximate surface area is 60.3 Å². The van der Waals surface area contributed by atoms with E-state index in [0.717, 1.165) is 5.69 Å². The highest BCUT2D eigenvalue weighted by atomic mass is 16.3. The molecule has 0 bridgehead atoms. The average Bonchev–Trinajstić information content (AvgIpc) is 2.34. The van der Waals surface area contributed by atoms with Crippen LogP contribution >= 0.6 is 0 Å². The molecule has 0 amide bonds. The number of aromatic nitrogens is 2. The first-order valence-electron chi connectivity index (χ1n) is 3.35. The van der Waals surface area contributed by atoms with Crippen molar-refractivity contribution in [3.05, 3.63) is 18.2 Å². The van der Waals surface area contributed by atoms with Crippen molar-refractivity contribution in [2.45, 2.75) is 19.9 Å². The summed E-state index contributed by atoms with van der Waals surface area (Å²) in [6, 6.07) is 0.140. The standard InChI is InChI=1S/C7H12N2O/c1-6-3-9(5-8-6)7(2)4-10/h3,5,7,10H,4H2,1-2H3. The molecule has 3 heteroatoms. The van der Waals surface area contributed by atoms with Crippen molar-refractivity contribution in [2.75, 3.05) is 6.61 Å². The fraction of sp³-hybridized carbons (Fsp3) is 0.571. The summed E-state index contributed by atoms with van der Waals surface area (Å²) in [6.45, 7) is 4.04. The summed E-state index contributed by atoms with van der Waals surface area (Å²) in [5.41, 5.74) is 0.986. The van der Waals surface area contributed by atoms with Gasteiger partial charge in [0, 0.05) is 6.20 Å². The number of hydrogen-bond donors (Lipinski definition) is 1. The molecule has 0 spiro atoms. The fourth-order valence-electron chi connectivity index (χ4n) is 0.775. The van der Waals surface area contributed by atoms with E-state index in [1.807, 2.05) is 24.6 Å². The van der Waals surface area contributed by atoms with Crippen LogP contribution in [0.5, 0.6) is 0 Å². The lowest BCUT2D eigenvalue weighted by molar-refractivity contribution is 0.238. The van der Waals surface area contributed by atoms with Gasteiger partial charge in [-0.05, 0) is 13.8 Å². The minimum Gasteiger partial charge on any atom is -0.394 e. The summed E-state index contributed by atoms with van der Waals surface area (Å²) >= 11 is 0. The van der Waals surface area contributed by atoms with Crippen LogP contribution in [0.3, 0.4) is 0 Å². The van der Waals surface area contributed by atoms with Crippen LogP contribution < -0.4 is 0 Å². The highest BCUT2D eigenvalue weighted by Crippen LogP contribution is 2.04. The van der Waals surface area contributed by atoms with Crippen LogP contribution in [0, 0.1) is 6.92 Å². The van der Waals surface area contributed by atoms with E-state index >= 15 is 0 Å². The molecule has 0 saturated carbocycles. The fourth-order valence-corrected chi connectivity index (χ4v) is 0.775. The second-order valence-electron chi connectivity index (χ2n) is 2.49. The van der Waals surface area contributed by atoms with E-state index in [1.54, 1.807) is 6.33 Å². The van der Waals surface area contributed by atoms with Gasteiger partial charge in [-0.3, -0.25) is 0 Å². The van der Waals surface area contributed by atoms with Crippen LogP contribution in [0.25, 0.3) is 0 Å². The Morgan fingerprint density at radius 3 is 2.90 bits per heavy atom. The van der Waals surface area contributed by atoms with Gasteiger partial charge in [0.25, 0.3) is 0 Å². The number of aliphatic hydroxyl groups excluding tert-OH is 1. The molecule has 0 fully saturated rings. The third-order valence-corrected chi connectivity index (χ3v) is 1.50. The minimum atomic E-state index is 0.140. The summed E-state index contributed by atoms with van der Waals surface area (Å²) in [4.78, 5) is 4.04. The number of aliphatic hydroxyl groups is 1. The van der Waals surface area contributed by atoms with Crippen molar-refractivity contribution in [3.8, 4) is 0 Å². The first kappa shape index (κ1) is 7.28. The molecule has 1 aromatic rings. The number of rotatable bonds is 2. The smallest absolute Gasteiger partial charge is 0.0952 e. The molecule has 1 heterocycles. The molecular formula is C7H12N2O. The maximum atomic E-state index is 8.75. The van der Waals surface area contributed by atoms with Crippen molar-refractivity contribution in [1.82, 2.24) is 9.55 Å². The first-order valence-corrected chi connectivity index (χ1v) is 3.35. The zero-order chi connectivity index (χ0) is 7.56. The maximum absolute atomic E-state index is 8.75. The Hall–Kier alpha value is -0.830. The molecule has 0 aliphatic carbocycles. The lowest BCUT2D eigenvalue weighted by Gasteiger charge is -2.07. The van der Waals surface area contributed by atoms with Crippen molar-refractivity contribution < 1.29 is 5.11 Å². The quantitative estimate of drug-likeness (QED) is 0.658. The monoisotopic (exact) mass is 140 g/mol. The lowest BCUT2D eigenvalue weighted by atomic mass is 10.4. The van der Waals surface area contributed by atoms with Crippen LogP contribution in [-0.2, 0) is 0 Å². The van der Waals surface area contributed by atoms with Crippen molar-refractivity contribution in [3.63, 3.8) is 0 Å². The van der Waals surface area contributed by atoms with Gasteiger partial charge >= 0.3 is 0 Å². The molecular weight excluding hydrogens is 128 g/mol. The third kappa shape index (κ3) is 1.36. The third-order valence-electron chi connectivity index (χ3n) is 1.50. The molecule has 0 saturated heterocycles. The zero-order valence-corrected chi connectivity index (χ0v) is 6.28. The van der Waals surface area contributed by atoms with Gasteiger partial charge in [-0.25, -0.2) is 4.98 Å². The van der Waals surface area contributed by atoms with E-state index < -0.39 is 0 Å². The Morgan fingerprint density at radius 2 is 2.50 bits per heavy atom. The van der Waals surface area contributed by atoms with Crippen molar-refractivity contribution >= 4 is 0 Å². The van der Waals surface area contributed by atoms with Crippen LogP contribution in [0.2, 0.25) is 0 Å². The van der Waals surface area contributed by atoms with Gasteiger partial charge in [0.1, 0.15) is 0 Å². The maximum Gasteiger partial charge on any atom is 0.0952 e. The Bertz CT molecular complexity index is 207. The van der Waals surface area contributed by atoms with Gasteiger partial charge in [0.05, 0.1) is 24.7 Å². The molecule has 0 aliphatic heterocycles. The molecule has 1 atom stereocenters. The molecule has 0 aromatic carbocycles. The van der Waals surface area contributed by atoms with E-state index in [4.69, 9.17) is 5.11 Å². The summed E-state index contributed by atoms with van der Waals surface area (Å²) in [5, 5.41) is 8.75. The minimum absolute atomic E-state index is 0.140. The van der Waals surface area contributed by atoms with Gasteiger partial charge in [-0.2, -0.15) is 0 Å². The van der Waals surface area contributed by atoms with E-state index in [1.165, 1.54) is 0 Å². The lowest BCUT2D eigenvalue weighted by Crippen LogP contribution is -2.06. The normalized spacial score (nSPS) is 13.5. The summed E-state index contributed by atoms with van der Waals surface area (Å²) < 4.78 is 1.90. The van der Waals surface area contributed by atoms with Crippen LogP contribution in [0.1, 0.15) is 18.7 Å². The predicted octanol–water partition coefficient (Wildman–Crippen LogP) is 0.745. The largest absolute Gasteiger partial charge is 0.394 e. The number of aryl methyl sites for hydroxylation is 1. The number of nitrogens with zero attached hydrogens (tertiary/aromatic N) is 2. The number of imidazole rings is 1. The van der Waals surface area contributed by atoms with E-state index in [9.17, 15) is 0 Å². The SMILES string of the molecule is Cc1cn(C(C)CO)cn1. The molecule has 1 rings (SSSR count). The molecule has 0 radical (unpaired) electrons. The highest BCUT2D eigenvalue weighted by molar-refractivity contribution is 4.93. The zero-order valence-electron chi connectivity index (χ0n) is 6.28. The molecule has 1 N–H and O–H groups in total. The summed E-state index contributed by atoms with van der Waals surface area (Å²) in [6.07, 6.45) is 3.65. The molecule has 0 aliphatic rings. The number of hydrogen-bond acceptors (Lipinski definition) is 2. The predicted molar refractivity (Wildman–Crippen MR) is 38.8 cm³/mol. The van der Waals surface area contributed by atoms with Gasteiger partial charge < -0.3 is 9.67 Å². The first-order chi connectivity index (χ1) is 4.74. The van der Waals surface area contributed by atoms with Gasteiger partial charge in [0.2, 0.25) is 0 Å². The van der Waals surface area contributed by atoms with Crippen molar-refractivity contribution in [1.29, 1.82) is 0 Å². The molecule has 1 aromatic heterocycles. The summed E-state index contributed by atoms with van der Waals surface area (Å²) in [5.74, 6) is 0. The Kier molecular flexibility index (Phi) is 2.06.